The van der Waals surface area contributed by atoms with Crippen LogP contribution in [0.15, 0.2) is 0 Å². The number of carbonyl (C=O) groups is 2. The average Bonchev–Trinajstić information content (AvgIpc) is 2.58. The minimum Gasteiger partial charge on any atom is -0.480 e. The van der Waals surface area contributed by atoms with Gasteiger partial charge < -0.3 is 19.6 Å². The van der Waals surface area contributed by atoms with E-state index in [-0.39, 0.29) is 18.6 Å². The van der Waals surface area contributed by atoms with Crippen LogP contribution in [-0.4, -0.2) is 66.3 Å². The summed E-state index contributed by atoms with van der Waals surface area (Å²) in [6.45, 7) is 1.79. The number of carbonyl (C=O) groups excluding carboxylic acids is 1. The second-order valence-corrected chi connectivity index (χ2v) is 4.68. The zero-order valence-electron chi connectivity index (χ0n) is 9.96. The summed E-state index contributed by atoms with van der Waals surface area (Å²) in [6.07, 6.45) is 1.90. The van der Waals surface area contributed by atoms with E-state index in [1.54, 1.807) is 11.9 Å². The minimum atomic E-state index is -0.959. The van der Waals surface area contributed by atoms with Crippen LogP contribution in [0, 0.1) is 5.92 Å². The number of ether oxygens (including phenoxy) is 1. The molecule has 2 aliphatic rings. The van der Waals surface area contributed by atoms with Gasteiger partial charge in [0.1, 0.15) is 6.54 Å². The summed E-state index contributed by atoms with van der Waals surface area (Å²) in [4.78, 5) is 25.6. The first kappa shape index (κ1) is 12.2. The first-order chi connectivity index (χ1) is 8.09. The lowest BCUT2D eigenvalue weighted by Gasteiger charge is -2.30. The molecule has 2 amide bonds. The maximum Gasteiger partial charge on any atom is 0.323 e. The van der Waals surface area contributed by atoms with Crippen LogP contribution in [0.1, 0.15) is 12.8 Å². The number of carboxylic acid groups (broad SMARTS) is 1. The monoisotopic (exact) mass is 242 g/mol. The van der Waals surface area contributed by atoms with Crippen molar-refractivity contribution in [1.82, 2.24) is 9.80 Å². The molecule has 0 bridgehead atoms. The third-order valence-corrected chi connectivity index (χ3v) is 3.61. The number of nitrogens with zero attached hydrogens (tertiary/aromatic N) is 2. The van der Waals surface area contributed by atoms with Gasteiger partial charge in [0.05, 0.1) is 6.04 Å². The predicted octanol–water partition coefficient (Wildman–Crippen LogP) is 0.234. The number of aliphatic carboxylic acids is 1. The van der Waals surface area contributed by atoms with Crippen molar-refractivity contribution in [3.63, 3.8) is 0 Å². The van der Waals surface area contributed by atoms with E-state index in [2.05, 4.69) is 0 Å². The first-order valence-corrected chi connectivity index (χ1v) is 5.91. The van der Waals surface area contributed by atoms with Gasteiger partial charge in [-0.3, -0.25) is 4.79 Å². The quantitative estimate of drug-likeness (QED) is 0.769. The molecule has 2 fully saturated rings. The van der Waals surface area contributed by atoms with Crippen LogP contribution >= 0.6 is 0 Å². The summed E-state index contributed by atoms with van der Waals surface area (Å²) in [5.74, 6) is -0.532. The van der Waals surface area contributed by atoms with E-state index in [0.29, 0.717) is 12.5 Å². The molecule has 1 N–H and O–H groups in total. The van der Waals surface area contributed by atoms with Crippen molar-refractivity contribution in [2.75, 3.05) is 33.4 Å². The summed E-state index contributed by atoms with van der Waals surface area (Å²) in [6, 6.07) is -0.0466. The highest BCUT2D eigenvalue weighted by Gasteiger charge is 2.40. The Kier molecular flexibility index (Phi) is 3.51. The summed E-state index contributed by atoms with van der Waals surface area (Å²) in [7, 11) is 1.75. The number of carboxylic acids is 1. The molecule has 2 rings (SSSR count). The molecule has 2 aliphatic heterocycles. The molecule has 6 nitrogen and oxygen atoms in total. The van der Waals surface area contributed by atoms with Crippen LogP contribution in [0.4, 0.5) is 4.79 Å². The number of hydrogen-bond acceptors (Lipinski definition) is 3. The number of amides is 2. The maximum atomic E-state index is 11.9. The molecule has 0 radical (unpaired) electrons. The van der Waals surface area contributed by atoms with Crippen molar-refractivity contribution in [1.29, 1.82) is 0 Å². The maximum absolute atomic E-state index is 11.9. The molecule has 0 aromatic heterocycles. The van der Waals surface area contributed by atoms with E-state index in [0.717, 1.165) is 26.1 Å². The second-order valence-electron chi connectivity index (χ2n) is 4.68. The lowest BCUT2D eigenvalue weighted by Crippen LogP contribution is -2.38. The molecule has 2 heterocycles. The van der Waals surface area contributed by atoms with Gasteiger partial charge in [-0.15, -0.1) is 0 Å². The number of urea groups is 1. The van der Waals surface area contributed by atoms with E-state index < -0.39 is 5.97 Å². The zero-order valence-corrected chi connectivity index (χ0v) is 9.96. The molecule has 0 aliphatic carbocycles. The number of likely N-dealkylation sites (N-methyl/N-ethyl adjacent to an activating group) is 1. The van der Waals surface area contributed by atoms with Crippen molar-refractivity contribution < 1.29 is 19.4 Å². The normalized spacial score (nSPS) is 26.6. The molecule has 1 unspecified atom stereocenters. The van der Waals surface area contributed by atoms with Gasteiger partial charge in [0.15, 0.2) is 0 Å². The first-order valence-electron chi connectivity index (χ1n) is 5.91. The molecule has 0 aromatic rings. The molecule has 6 heteroatoms. The molecule has 17 heavy (non-hydrogen) atoms. The Morgan fingerprint density at radius 1 is 1.47 bits per heavy atom. The molecular formula is C11H18N2O4. The number of hydrogen-bond donors (Lipinski definition) is 1. The third kappa shape index (κ3) is 2.52. The third-order valence-electron chi connectivity index (χ3n) is 3.61. The van der Waals surface area contributed by atoms with Crippen molar-refractivity contribution in [2.45, 2.75) is 18.9 Å². The molecule has 0 aromatic carbocycles. The molecule has 96 valence electrons. The lowest BCUT2D eigenvalue weighted by molar-refractivity contribution is -0.137. The van der Waals surface area contributed by atoms with Crippen LogP contribution < -0.4 is 0 Å². The largest absolute Gasteiger partial charge is 0.480 e. The van der Waals surface area contributed by atoms with Gasteiger partial charge in [-0.1, -0.05) is 0 Å². The molecule has 0 saturated carbocycles. The minimum absolute atomic E-state index is 0.130. The van der Waals surface area contributed by atoms with Crippen LogP contribution in [0.5, 0.6) is 0 Å². The zero-order chi connectivity index (χ0) is 12.4. The van der Waals surface area contributed by atoms with E-state index in [9.17, 15) is 9.59 Å². The SMILES string of the molecule is CN1C(=O)N(CC(=O)O)CC1C1CCOCC1. The summed E-state index contributed by atoms with van der Waals surface area (Å²) < 4.78 is 5.30. The molecular weight excluding hydrogens is 224 g/mol. The van der Waals surface area contributed by atoms with Crippen molar-refractivity contribution in [3.05, 3.63) is 0 Å². The lowest BCUT2D eigenvalue weighted by atomic mass is 9.91. The fourth-order valence-corrected chi connectivity index (χ4v) is 2.65. The highest BCUT2D eigenvalue weighted by molar-refractivity contribution is 5.82. The molecule has 1 atom stereocenters. The topological polar surface area (TPSA) is 70.1 Å². The highest BCUT2D eigenvalue weighted by Crippen LogP contribution is 2.27. The Bertz CT molecular complexity index is 315. The summed E-state index contributed by atoms with van der Waals surface area (Å²) in [5, 5.41) is 8.74. The van der Waals surface area contributed by atoms with Gasteiger partial charge >= 0.3 is 12.0 Å². The van der Waals surface area contributed by atoms with Gasteiger partial charge in [0, 0.05) is 26.8 Å². The Hall–Kier alpha value is -1.30. The smallest absolute Gasteiger partial charge is 0.323 e. The van der Waals surface area contributed by atoms with Crippen LogP contribution in [0.25, 0.3) is 0 Å². The van der Waals surface area contributed by atoms with Crippen molar-refractivity contribution in [3.8, 4) is 0 Å². The van der Waals surface area contributed by atoms with Gasteiger partial charge in [0.2, 0.25) is 0 Å². The van der Waals surface area contributed by atoms with Crippen molar-refractivity contribution in [2.24, 2.45) is 5.92 Å². The van der Waals surface area contributed by atoms with E-state index in [1.807, 2.05) is 0 Å². The fourth-order valence-electron chi connectivity index (χ4n) is 2.65. The Labute approximate surface area is 100 Å². The fraction of sp³-hybridized carbons (Fsp3) is 0.818. The van der Waals surface area contributed by atoms with E-state index in [1.165, 1.54) is 4.90 Å². The average molecular weight is 242 g/mol. The Balaban J connectivity index is 1.99. The van der Waals surface area contributed by atoms with Crippen molar-refractivity contribution >= 4 is 12.0 Å². The van der Waals surface area contributed by atoms with Gasteiger partial charge in [-0.05, 0) is 18.8 Å². The Morgan fingerprint density at radius 2 is 2.12 bits per heavy atom. The molecule has 2 saturated heterocycles. The summed E-state index contributed by atoms with van der Waals surface area (Å²) in [5.41, 5.74) is 0. The standard InChI is InChI=1S/C11H18N2O4/c1-12-9(8-2-4-17-5-3-8)6-13(11(12)16)7-10(14)15/h8-9H,2-7H2,1H3,(H,14,15). The number of rotatable bonds is 3. The van der Waals surface area contributed by atoms with Crippen LogP contribution in [0.3, 0.4) is 0 Å². The van der Waals surface area contributed by atoms with E-state index in [4.69, 9.17) is 9.84 Å². The van der Waals surface area contributed by atoms with E-state index >= 15 is 0 Å². The summed E-state index contributed by atoms with van der Waals surface area (Å²) >= 11 is 0. The highest BCUT2D eigenvalue weighted by atomic mass is 16.5. The Morgan fingerprint density at radius 3 is 2.71 bits per heavy atom. The van der Waals surface area contributed by atoms with Crippen LogP contribution in [0.2, 0.25) is 0 Å². The second kappa shape index (κ2) is 4.91. The van der Waals surface area contributed by atoms with Crippen LogP contribution in [-0.2, 0) is 9.53 Å². The van der Waals surface area contributed by atoms with Gasteiger partial charge in [0.25, 0.3) is 0 Å². The van der Waals surface area contributed by atoms with Gasteiger partial charge in [-0.25, -0.2) is 4.79 Å². The van der Waals surface area contributed by atoms with Gasteiger partial charge in [-0.2, -0.15) is 0 Å². The predicted molar refractivity (Wildman–Crippen MR) is 59.7 cm³/mol. The molecule has 0 spiro atoms.